The van der Waals surface area contributed by atoms with Crippen LogP contribution in [-0.4, -0.2) is 65.8 Å². The number of fused-ring (bicyclic) bond motifs is 1. The van der Waals surface area contributed by atoms with Crippen LogP contribution in [0.15, 0.2) is 29.3 Å². The second kappa shape index (κ2) is 9.95. The number of aliphatic hydroxyl groups is 1. The van der Waals surface area contributed by atoms with Gasteiger partial charge in [-0.25, -0.2) is 9.97 Å². The molecule has 3 N–H and O–H groups in total. The van der Waals surface area contributed by atoms with E-state index in [4.69, 9.17) is 10.1 Å². The van der Waals surface area contributed by atoms with Crippen LogP contribution in [0.4, 0.5) is 23.1 Å². The molecule has 2 saturated carbocycles. The maximum atomic E-state index is 13.5. The number of piperidine rings is 2. The van der Waals surface area contributed by atoms with Crippen LogP contribution in [0.5, 0.6) is 0 Å². The minimum atomic E-state index is -0.182. The average molecular weight is 527 g/mol. The van der Waals surface area contributed by atoms with E-state index in [2.05, 4.69) is 37.1 Å². The first-order chi connectivity index (χ1) is 17.6. The number of nitrogens with zero attached hydrogens (tertiary/aromatic N) is 4. The molecule has 2 aromatic rings. The number of aromatic nitrogens is 2. The molecular weight excluding hydrogens is 492 g/mol. The lowest BCUT2D eigenvalue weighted by atomic mass is 9.93. The molecule has 4 aliphatic rings. The molecule has 10 heteroatoms. The van der Waals surface area contributed by atoms with Gasteiger partial charge >= 0.3 is 0 Å². The summed E-state index contributed by atoms with van der Waals surface area (Å²) in [6.45, 7) is 4.14. The number of thioether (sulfide) groups is 1. The average Bonchev–Trinajstić information content (AvgIpc) is 3.81. The van der Waals surface area contributed by atoms with Gasteiger partial charge in [0.2, 0.25) is 0 Å². The van der Waals surface area contributed by atoms with E-state index >= 15 is 0 Å². The zero-order valence-corrected chi connectivity index (χ0v) is 22.3. The molecule has 0 aromatic carbocycles. The Bertz CT molecular complexity index is 1120. The maximum Gasteiger partial charge on any atom is 0.260 e. The van der Waals surface area contributed by atoms with Crippen molar-refractivity contribution >= 4 is 52.8 Å². The van der Waals surface area contributed by atoms with Crippen molar-refractivity contribution in [2.75, 3.05) is 64.6 Å². The lowest BCUT2D eigenvalue weighted by molar-refractivity contribution is 0.102. The monoisotopic (exact) mass is 526 g/mol. The van der Waals surface area contributed by atoms with Gasteiger partial charge in [0.25, 0.3) is 5.91 Å². The van der Waals surface area contributed by atoms with Crippen molar-refractivity contribution in [3.63, 3.8) is 0 Å². The van der Waals surface area contributed by atoms with Crippen LogP contribution >= 0.6 is 23.7 Å². The number of pyridine rings is 2. The van der Waals surface area contributed by atoms with Crippen LogP contribution < -0.4 is 19.8 Å². The van der Waals surface area contributed by atoms with Crippen molar-refractivity contribution in [2.45, 2.75) is 37.0 Å². The third-order valence-electron chi connectivity index (χ3n) is 8.20. The molecule has 36 heavy (non-hydrogen) atoms. The SMILES string of the molecule is CSc1ccc(NC(=O)c2cnc(NSCCO)cc2N2CCC3(CC2)CC3)nc1N1CC2CC2C1. The second-order valence-electron chi connectivity index (χ2n) is 10.6. The van der Waals surface area contributed by atoms with Crippen molar-refractivity contribution in [1.29, 1.82) is 0 Å². The number of nitrogens with one attached hydrogen (secondary N) is 2. The first-order valence-corrected chi connectivity index (χ1v) is 15.1. The first kappa shape index (κ1) is 24.2. The summed E-state index contributed by atoms with van der Waals surface area (Å²) in [6, 6.07) is 5.93. The summed E-state index contributed by atoms with van der Waals surface area (Å²) in [5.41, 5.74) is 2.03. The van der Waals surface area contributed by atoms with E-state index in [1.165, 1.54) is 44.1 Å². The molecule has 8 nitrogen and oxygen atoms in total. The smallest absolute Gasteiger partial charge is 0.260 e. The van der Waals surface area contributed by atoms with Gasteiger partial charge in [0.05, 0.1) is 17.9 Å². The maximum absolute atomic E-state index is 13.5. The highest BCUT2D eigenvalue weighted by atomic mass is 32.2. The van der Waals surface area contributed by atoms with Crippen LogP contribution in [0.25, 0.3) is 0 Å². The highest BCUT2D eigenvalue weighted by Gasteiger charge is 2.46. The Morgan fingerprint density at radius 2 is 1.92 bits per heavy atom. The topological polar surface area (TPSA) is 93.6 Å². The summed E-state index contributed by atoms with van der Waals surface area (Å²) < 4.78 is 3.19. The van der Waals surface area contributed by atoms with Crippen LogP contribution in [0.1, 0.15) is 42.5 Å². The zero-order chi connectivity index (χ0) is 24.7. The van der Waals surface area contributed by atoms with Crippen molar-refractivity contribution in [1.82, 2.24) is 9.97 Å². The van der Waals surface area contributed by atoms with Crippen molar-refractivity contribution in [3.05, 3.63) is 30.0 Å². The standard InChI is InChI=1S/C26H34N6O2S2/c1-35-21-2-3-22(28-24(21)32-15-17-12-18(17)16-32)29-25(34)19-14-27-23(30-36-11-10-33)13-20(19)31-8-6-26(4-5-26)7-9-31/h2-3,13-14,17-18,33H,4-12,15-16H2,1H3,(H,27,30)(H,28,29,34). The molecule has 2 aliphatic carbocycles. The van der Waals surface area contributed by atoms with E-state index in [9.17, 15) is 4.79 Å². The fraction of sp³-hybridized carbons (Fsp3) is 0.577. The molecule has 1 spiro atoms. The quantitative estimate of drug-likeness (QED) is 0.251. The molecule has 4 fully saturated rings. The van der Waals surface area contributed by atoms with Gasteiger partial charge in [-0.15, -0.1) is 11.8 Å². The second-order valence-corrected chi connectivity index (χ2v) is 12.3. The predicted molar refractivity (Wildman–Crippen MR) is 148 cm³/mol. The molecule has 2 unspecified atom stereocenters. The molecule has 2 aromatic heterocycles. The van der Waals surface area contributed by atoms with Crippen molar-refractivity contribution in [3.8, 4) is 0 Å². The molecule has 2 aliphatic heterocycles. The van der Waals surface area contributed by atoms with Gasteiger partial charge in [-0.2, -0.15) is 0 Å². The molecule has 6 rings (SSSR count). The predicted octanol–water partition coefficient (Wildman–Crippen LogP) is 4.34. The van der Waals surface area contributed by atoms with Gasteiger partial charge in [-0.05, 0) is 79.7 Å². The number of hydrogen-bond donors (Lipinski definition) is 3. The summed E-state index contributed by atoms with van der Waals surface area (Å²) >= 11 is 3.11. The van der Waals surface area contributed by atoms with Crippen LogP contribution in [0.3, 0.4) is 0 Å². The summed E-state index contributed by atoms with van der Waals surface area (Å²) in [4.78, 5) is 28.8. The normalized spacial score (nSPS) is 23.5. The van der Waals surface area contributed by atoms with Crippen molar-refractivity contribution in [2.24, 2.45) is 17.3 Å². The van der Waals surface area contributed by atoms with E-state index in [-0.39, 0.29) is 12.5 Å². The molecule has 0 radical (unpaired) electrons. The van der Waals surface area contributed by atoms with Gasteiger partial charge < -0.3 is 24.9 Å². The number of carbonyl (C=O) groups excluding carboxylic acids is 1. The van der Waals surface area contributed by atoms with Crippen LogP contribution in [-0.2, 0) is 0 Å². The van der Waals surface area contributed by atoms with Crippen LogP contribution in [0, 0.1) is 17.3 Å². The Hall–Kier alpha value is -2.17. The highest BCUT2D eigenvalue weighted by Crippen LogP contribution is 2.54. The number of hydrogen-bond acceptors (Lipinski definition) is 9. The van der Waals surface area contributed by atoms with Gasteiger partial charge in [0.15, 0.2) is 0 Å². The third-order valence-corrected chi connectivity index (χ3v) is 9.70. The molecular formula is C26H34N6O2S2. The molecule has 4 heterocycles. The Morgan fingerprint density at radius 3 is 2.61 bits per heavy atom. The Labute approximate surface area is 221 Å². The fourth-order valence-corrected chi connectivity index (χ4v) is 6.67. The summed E-state index contributed by atoms with van der Waals surface area (Å²) in [6.07, 6.45) is 10.1. The Morgan fingerprint density at radius 1 is 1.14 bits per heavy atom. The number of amides is 1. The summed E-state index contributed by atoms with van der Waals surface area (Å²) in [5, 5.41) is 12.2. The van der Waals surface area contributed by atoms with Gasteiger partial charge in [-0.1, -0.05) is 0 Å². The molecule has 2 saturated heterocycles. The Kier molecular flexibility index (Phi) is 6.68. The fourth-order valence-electron chi connectivity index (χ4n) is 5.65. The Balaban J connectivity index is 1.23. The summed E-state index contributed by atoms with van der Waals surface area (Å²) in [5.74, 6) is 4.28. The first-order valence-electron chi connectivity index (χ1n) is 12.9. The largest absolute Gasteiger partial charge is 0.395 e. The number of carbonyl (C=O) groups is 1. The van der Waals surface area contributed by atoms with Crippen LogP contribution in [0.2, 0.25) is 0 Å². The molecule has 0 bridgehead atoms. The van der Waals surface area contributed by atoms with Gasteiger partial charge in [0.1, 0.15) is 17.5 Å². The van der Waals surface area contributed by atoms with E-state index < -0.39 is 0 Å². The van der Waals surface area contributed by atoms with Gasteiger partial charge in [-0.3, -0.25) is 4.79 Å². The molecule has 2 atom stereocenters. The number of anilines is 4. The highest BCUT2D eigenvalue weighted by molar-refractivity contribution is 8.00. The van der Waals surface area contributed by atoms with E-state index in [1.54, 1.807) is 18.0 Å². The summed E-state index contributed by atoms with van der Waals surface area (Å²) in [7, 11) is 0. The van der Waals surface area contributed by atoms with Crippen molar-refractivity contribution < 1.29 is 9.90 Å². The zero-order valence-electron chi connectivity index (χ0n) is 20.7. The lowest BCUT2D eigenvalue weighted by Crippen LogP contribution is -2.35. The van der Waals surface area contributed by atoms with E-state index in [0.717, 1.165) is 54.4 Å². The molecule has 1 amide bonds. The minimum Gasteiger partial charge on any atom is -0.395 e. The lowest BCUT2D eigenvalue weighted by Gasteiger charge is -2.35. The number of rotatable bonds is 9. The van der Waals surface area contributed by atoms with Gasteiger partial charge in [0, 0.05) is 49.1 Å². The molecule has 192 valence electrons. The van der Waals surface area contributed by atoms with E-state index in [0.29, 0.717) is 28.4 Å². The third kappa shape index (κ3) is 4.99. The number of aliphatic hydroxyl groups excluding tert-OH is 1. The van der Waals surface area contributed by atoms with E-state index in [1.807, 2.05) is 12.1 Å². The minimum absolute atomic E-state index is 0.0995.